The smallest absolute Gasteiger partial charge is 0.416 e. The lowest BCUT2D eigenvalue weighted by Crippen LogP contribution is -2.44. The van der Waals surface area contributed by atoms with Gasteiger partial charge >= 0.3 is 6.18 Å². The van der Waals surface area contributed by atoms with Gasteiger partial charge in [0.1, 0.15) is 6.33 Å². The molecular formula is C27H26F5N5O. The summed E-state index contributed by atoms with van der Waals surface area (Å²) in [6.07, 6.45) is -1.29. The van der Waals surface area contributed by atoms with Gasteiger partial charge in [0.2, 0.25) is 5.82 Å². The summed E-state index contributed by atoms with van der Waals surface area (Å²) < 4.78 is 77.3. The number of likely N-dealkylation sites (N-methyl/N-ethyl adjacent to an activating group) is 1. The molecule has 0 spiro atoms. The number of alkyl halides is 3. The van der Waals surface area contributed by atoms with Crippen LogP contribution in [0, 0.1) is 11.6 Å². The van der Waals surface area contributed by atoms with Crippen LogP contribution in [0.15, 0.2) is 42.2 Å². The molecule has 1 aliphatic carbocycles. The van der Waals surface area contributed by atoms with Crippen molar-refractivity contribution in [1.82, 2.24) is 19.8 Å². The number of fused-ring (bicyclic) bond motifs is 1. The van der Waals surface area contributed by atoms with Crippen LogP contribution in [-0.2, 0) is 19.1 Å². The van der Waals surface area contributed by atoms with Crippen molar-refractivity contribution in [1.29, 1.82) is 0 Å². The highest BCUT2D eigenvalue weighted by atomic mass is 19.4. The van der Waals surface area contributed by atoms with Crippen molar-refractivity contribution in [3.8, 4) is 11.6 Å². The SMILES string of the molecule is CC1=Cc2c(ccc(Oc3ncnc(Nc4ccc(CN5CCN(C)CC5)c(C(F)(F)F)c4)c3F)c2F)C1. The predicted octanol–water partition coefficient (Wildman–Crippen LogP) is 6.02. The van der Waals surface area contributed by atoms with Gasteiger partial charge in [0.05, 0.1) is 5.56 Å². The number of anilines is 2. The molecule has 11 heteroatoms. The van der Waals surface area contributed by atoms with Crippen molar-refractivity contribution in [2.24, 2.45) is 0 Å². The van der Waals surface area contributed by atoms with Crippen LogP contribution < -0.4 is 10.1 Å². The maximum absolute atomic E-state index is 15.2. The number of allylic oxidation sites excluding steroid dienone is 1. The van der Waals surface area contributed by atoms with Gasteiger partial charge in [-0.25, -0.2) is 9.37 Å². The van der Waals surface area contributed by atoms with E-state index in [9.17, 15) is 17.6 Å². The minimum absolute atomic E-state index is 0.00711. The molecule has 0 atom stereocenters. The number of nitrogens with zero attached hydrogens (tertiary/aromatic N) is 4. The summed E-state index contributed by atoms with van der Waals surface area (Å²) in [5, 5.41) is 2.58. The molecule has 0 saturated carbocycles. The second kappa shape index (κ2) is 10.3. The maximum Gasteiger partial charge on any atom is 0.416 e. The van der Waals surface area contributed by atoms with E-state index in [-0.39, 0.29) is 23.5 Å². The third kappa shape index (κ3) is 5.48. The Morgan fingerprint density at radius 3 is 2.50 bits per heavy atom. The van der Waals surface area contributed by atoms with E-state index in [2.05, 4.69) is 20.2 Å². The van der Waals surface area contributed by atoms with Gasteiger partial charge in [0, 0.05) is 44.0 Å². The molecule has 200 valence electrons. The molecule has 3 aromatic rings. The third-order valence-corrected chi connectivity index (χ3v) is 6.73. The van der Waals surface area contributed by atoms with Crippen LogP contribution in [0.2, 0.25) is 0 Å². The fraction of sp³-hybridized carbons (Fsp3) is 0.333. The zero-order chi connectivity index (χ0) is 27.0. The van der Waals surface area contributed by atoms with E-state index in [4.69, 9.17) is 4.74 Å². The molecular weight excluding hydrogens is 505 g/mol. The Morgan fingerprint density at radius 1 is 1.00 bits per heavy atom. The van der Waals surface area contributed by atoms with Crippen LogP contribution in [0.1, 0.15) is 29.2 Å². The lowest BCUT2D eigenvalue weighted by atomic mass is 10.0. The normalized spacial score (nSPS) is 16.3. The lowest BCUT2D eigenvalue weighted by Gasteiger charge is -2.33. The minimum Gasteiger partial charge on any atom is -0.433 e. The van der Waals surface area contributed by atoms with E-state index in [0.717, 1.165) is 36.6 Å². The van der Waals surface area contributed by atoms with Crippen LogP contribution in [0.3, 0.4) is 0 Å². The quantitative estimate of drug-likeness (QED) is 0.393. The number of hydrogen-bond donors (Lipinski definition) is 1. The summed E-state index contributed by atoms with van der Waals surface area (Å²) in [4.78, 5) is 11.7. The number of aromatic nitrogens is 2. The molecule has 0 amide bonds. The highest BCUT2D eigenvalue weighted by Crippen LogP contribution is 2.37. The maximum atomic E-state index is 15.2. The molecule has 2 heterocycles. The van der Waals surface area contributed by atoms with Crippen LogP contribution in [-0.4, -0.2) is 53.0 Å². The standard InChI is InChI=1S/C27H26F5N5O/c1-16-11-17-4-6-22(23(28)20(17)12-16)38-26-24(29)25(33-15-34-26)35-19-5-3-18(21(13-19)27(30,31)32)14-37-9-7-36(2)8-10-37/h3-6,12-13,15H,7-11,14H2,1-2H3,(H,33,34,35). The minimum atomic E-state index is -4.60. The Bertz CT molecular complexity index is 1380. The summed E-state index contributed by atoms with van der Waals surface area (Å²) in [5.74, 6) is -2.87. The van der Waals surface area contributed by atoms with E-state index >= 15 is 4.39 Å². The number of ether oxygens (including phenoxy) is 1. The highest BCUT2D eigenvalue weighted by molar-refractivity contribution is 5.66. The first kappa shape index (κ1) is 26.1. The van der Waals surface area contributed by atoms with Crippen molar-refractivity contribution in [3.63, 3.8) is 0 Å². The first-order chi connectivity index (χ1) is 18.1. The van der Waals surface area contributed by atoms with Crippen molar-refractivity contribution in [2.45, 2.75) is 26.1 Å². The summed E-state index contributed by atoms with van der Waals surface area (Å²) in [6.45, 7) is 4.94. The Labute approximate surface area is 216 Å². The lowest BCUT2D eigenvalue weighted by molar-refractivity contribution is -0.138. The van der Waals surface area contributed by atoms with E-state index in [0.29, 0.717) is 25.1 Å². The zero-order valence-electron chi connectivity index (χ0n) is 20.9. The summed E-state index contributed by atoms with van der Waals surface area (Å²) in [7, 11) is 1.97. The number of nitrogens with one attached hydrogen (secondary N) is 1. The van der Waals surface area contributed by atoms with E-state index < -0.39 is 35.1 Å². The van der Waals surface area contributed by atoms with Gasteiger partial charge in [-0.15, -0.1) is 0 Å². The second-order valence-corrected chi connectivity index (χ2v) is 9.64. The van der Waals surface area contributed by atoms with Gasteiger partial charge in [-0.05, 0) is 49.7 Å². The Morgan fingerprint density at radius 2 is 1.76 bits per heavy atom. The van der Waals surface area contributed by atoms with Gasteiger partial charge in [0.25, 0.3) is 5.88 Å². The van der Waals surface area contributed by atoms with Crippen molar-refractivity contribution in [2.75, 3.05) is 38.5 Å². The topological polar surface area (TPSA) is 53.5 Å². The molecule has 1 fully saturated rings. The number of halogens is 5. The molecule has 2 aromatic carbocycles. The number of piperazine rings is 1. The van der Waals surface area contributed by atoms with Crippen molar-refractivity contribution in [3.05, 3.63) is 76.1 Å². The molecule has 1 aromatic heterocycles. The first-order valence-corrected chi connectivity index (χ1v) is 12.1. The number of rotatable bonds is 6. The second-order valence-electron chi connectivity index (χ2n) is 9.64. The first-order valence-electron chi connectivity index (χ1n) is 12.1. The van der Waals surface area contributed by atoms with Crippen LogP contribution in [0.5, 0.6) is 11.6 Å². The fourth-order valence-corrected chi connectivity index (χ4v) is 4.66. The Hall–Kier alpha value is -3.57. The fourth-order valence-electron chi connectivity index (χ4n) is 4.66. The van der Waals surface area contributed by atoms with E-state index in [1.165, 1.54) is 18.2 Å². The molecule has 5 rings (SSSR count). The largest absolute Gasteiger partial charge is 0.433 e. The molecule has 0 bridgehead atoms. The van der Waals surface area contributed by atoms with Crippen LogP contribution >= 0.6 is 0 Å². The molecule has 1 saturated heterocycles. The van der Waals surface area contributed by atoms with Crippen molar-refractivity contribution < 1.29 is 26.7 Å². The summed E-state index contributed by atoms with van der Waals surface area (Å²) in [6, 6.07) is 6.85. The number of hydrogen-bond acceptors (Lipinski definition) is 6. The number of benzene rings is 2. The molecule has 1 aliphatic heterocycles. The average molecular weight is 532 g/mol. The Kier molecular flexibility index (Phi) is 7.06. The molecule has 0 radical (unpaired) electrons. The van der Waals surface area contributed by atoms with Crippen LogP contribution in [0.4, 0.5) is 33.5 Å². The molecule has 1 N–H and O–H groups in total. The van der Waals surface area contributed by atoms with Crippen molar-refractivity contribution >= 4 is 17.6 Å². The van der Waals surface area contributed by atoms with Gasteiger partial charge in [0.15, 0.2) is 17.4 Å². The molecule has 2 aliphatic rings. The molecule has 38 heavy (non-hydrogen) atoms. The van der Waals surface area contributed by atoms with E-state index in [1.54, 1.807) is 12.1 Å². The summed E-state index contributed by atoms with van der Waals surface area (Å²) in [5.41, 5.74) is 1.49. The molecule has 6 nitrogen and oxygen atoms in total. The third-order valence-electron chi connectivity index (χ3n) is 6.73. The predicted molar refractivity (Wildman–Crippen MR) is 133 cm³/mol. The zero-order valence-corrected chi connectivity index (χ0v) is 20.9. The van der Waals surface area contributed by atoms with Gasteiger partial charge in [-0.2, -0.15) is 22.5 Å². The van der Waals surface area contributed by atoms with Gasteiger partial charge in [-0.3, -0.25) is 4.90 Å². The van der Waals surface area contributed by atoms with Gasteiger partial charge < -0.3 is 15.0 Å². The molecule has 0 unspecified atom stereocenters. The monoisotopic (exact) mass is 531 g/mol. The van der Waals surface area contributed by atoms with Crippen LogP contribution in [0.25, 0.3) is 6.08 Å². The highest BCUT2D eigenvalue weighted by Gasteiger charge is 2.34. The Balaban J connectivity index is 1.37. The van der Waals surface area contributed by atoms with Gasteiger partial charge in [-0.1, -0.05) is 23.8 Å². The van der Waals surface area contributed by atoms with E-state index in [1.807, 2.05) is 18.9 Å². The summed E-state index contributed by atoms with van der Waals surface area (Å²) >= 11 is 0. The average Bonchev–Trinajstić information content (AvgIpc) is 3.26.